The van der Waals surface area contributed by atoms with Gasteiger partial charge in [-0.05, 0) is 48.2 Å². The van der Waals surface area contributed by atoms with E-state index in [9.17, 15) is 9.59 Å². The Balaban J connectivity index is 1.24. The lowest BCUT2D eigenvalue weighted by atomic mass is 10.1. The SMILES string of the molecule is COc1ccc(CC(=O)NCc2ccc(C(=O)NCc3nnc4n3CCCC4)cc2)cc1. The Labute approximate surface area is 187 Å². The van der Waals surface area contributed by atoms with Crippen LogP contribution in [0.25, 0.3) is 0 Å². The van der Waals surface area contributed by atoms with Crippen LogP contribution in [0, 0.1) is 0 Å². The first-order valence-corrected chi connectivity index (χ1v) is 10.8. The van der Waals surface area contributed by atoms with Crippen molar-refractivity contribution < 1.29 is 14.3 Å². The van der Waals surface area contributed by atoms with Gasteiger partial charge in [0.25, 0.3) is 5.91 Å². The van der Waals surface area contributed by atoms with E-state index >= 15 is 0 Å². The van der Waals surface area contributed by atoms with E-state index in [4.69, 9.17) is 4.74 Å². The van der Waals surface area contributed by atoms with Crippen LogP contribution in [0.2, 0.25) is 0 Å². The molecule has 0 atom stereocenters. The monoisotopic (exact) mass is 433 g/mol. The standard InChI is InChI=1S/C24H27N5O3/c1-32-20-11-7-17(8-12-20)14-23(30)25-15-18-5-9-19(10-6-18)24(31)26-16-22-28-27-21-4-2-3-13-29(21)22/h5-12H,2-4,13-16H2,1H3,(H,25,30)(H,26,31). The molecular weight excluding hydrogens is 406 g/mol. The van der Waals surface area contributed by atoms with Crippen LogP contribution in [0.5, 0.6) is 5.75 Å². The fraction of sp³-hybridized carbons (Fsp3) is 0.333. The number of carbonyl (C=O) groups is 2. The summed E-state index contributed by atoms with van der Waals surface area (Å²) in [6, 6.07) is 14.7. The summed E-state index contributed by atoms with van der Waals surface area (Å²) < 4.78 is 7.22. The van der Waals surface area contributed by atoms with Crippen molar-refractivity contribution in [1.82, 2.24) is 25.4 Å². The van der Waals surface area contributed by atoms with E-state index < -0.39 is 0 Å². The number of hydrogen-bond acceptors (Lipinski definition) is 5. The van der Waals surface area contributed by atoms with Crippen LogP contribution in [0.15, 0.2) is 48.5 Å². The summed E-state index contributed by atoms with van der Waals surface area (Å²) in [6.45, 7) is 1.67. The molecule has 8 heteroatoms. The zero-order chi connectivity index (χ0) is 22.3. The number of hydrogen-bond donors (Lipinski definition) is 2. The summed E-state index contributed by atoms with van der Waals surface area (Å²) in [4.78, 5) is 24.7. The van der Waals surface area contributed by atoms with Gasteiger partial charge < -0.3 is 19.9 Å². The van der Waals surface area contributed by atoms with Crippen molar-refractivity contribution in [2.24, 2.45) is 0 Å². The van der Waals surface area contributed by atoms with E-state index in [1.807, 2.05) is 36.4 Å². The zero-order valence-corrected chi connectivity index (χ0v) is 18.1. The van der Waals surface area contributed by atoms with E-state index in [-0.39, 0.29) is 11.8 Å². The number of carbonyl (C=O) groups excluding carboxylic acids is 2. The molecule has 1 aromatic heterocycles. The van der Waals surface area contributed by atoms with Crippen LogP contribution in [-0.2, 0) is 37.3 Å². The number of amides is 2. The van der Waals surface area contributed by atoms with E-state index in [0.717, 1.165) is 54.3 Å². The number of aromatic nitrogens is 3. The van der Waals surface area contributed by atoms with Gasteiger partial charge in [-0.2, -0.15) is 0 Å². The molecule has 0 saturated heterocycles. The quantitative estimate of drug-likeness (QED) is 0.569. The predicted octanol–water partition coefficient (Wildman–Crippen LogP) is 2.41. The van der Waals surface area contributed by atoms with Gasteiger partial charge in [-0.3, -0.25) is 9.59 Å². The topological polar surface area (TPSA) is 98.1 Å². The minimum Gasteiger partial charge on any atom is -0.497 e. The second-order valence-corrected chi connectivity index (χ2v) is 7.82. The molecule has 4 rings (SSSR count). The maximum absolute atomic E-state index is 12.5. The number of nitrogens with zero attached hydrogens (tertiary/aromatic N) is 3. The number of methoxy groups -OCH3 is 1. The van der Waals surface area contributed by atoms with Gasteiger partial charge in [0.15, 0.2) is 5.82 Å². The lowest BCUT2D eigenvalue weighted by Gasteiger charge is -2.14. The van der Waals surface area contributed by atoms with Crippen LogP contribution in [0.1, 0.15) is 46.0 Å². The molecule has 8 nitrogen and oxygen atoms in total. The van der Waals surface area contributed by atoms with Gasteiger partial charge in [-0.25, -0.2) is 0 Å². The Bertz CT molecular complexity index is 1070. The lowest BCUT2D eigenvalue weighted by Crippen LogP contribution is -2.26. The normalized spacial score (nSPS) is 12.7. The number of nitrogens with one attached hydrogen (secondary N) is 2. The van der Waals surface area contributed by atoms with Gasteiger partial charge in [-0.15, -0.1) is 10.2 Å². The van der Waals surface area contributed by atoms with Crippen molar-refractivity contribution in [3.05, 3.63) is 76.9 Å². The lowest BCUT2D eigenvalue weighted by molar-refractivity contribution is -0.120. The molecule has 2 N–H and O–H groups in total. The molecule has 0 unspecified atom stereocenters. The van der Waals surface area contributed by atoms with Gasteiger partial charge in [0.2, 0.25) is 5.91 Å². The Morgan fingerprint density at radius 1 is 0.938 bits per heavy atom. The highest BCUT2D eigenvalue weighted by Crippen LogP contribution is 2.14. The summed E-state index contributed by atoms with van der Waals surface area (Å²) in [5.41, 5.74) is 2.41. The van der Waals surface area contributed by atoms with Crippen molar-refractivity contribution >= 4 is 11.8 Å². The molecule has 1 aliphatic rings. The number of ether oxygens (including phenoxy) is 1. The van der Waals surface area contributed by atoms with E-state index in [2.05, 4.69) is 25.4 Å². The Morgan fingerprint density at radius 2 is 1.69 bits per heavy atom. The van der Waals surface area contributed by atoms with Crippen molar-refractivity contribution in [2.45, 2.75) is 45.3 Å². The predicted molar refractivity (Wildman–Crippen MR) is 119 cm³/mol. The van der Waals surface area contributed by atoms with Crippen LogP contribution >= 0.6 is 0 Å². The number of aryl methyl sites for hydroxylation is 1. The first-order valence-electron chi connectivity index (χ1n) is 10.8. The molecule has 0 fully saturated rings. The zero-order valence-electron chi connectivity index (χ0n) is 18.1. The van der Waals surface area contributed by atoms with Crippen molar-refractivity contribution in [3.63, 3.8) is 0 Å². The molecule has 166 valence electrons. The van der Waals surface area contributed by atoms with E-state index in [1.54, 1.807) is 19.2 Å². The molecule has 1 aliphatic heterocycles. The second-order valence-electron chi connectivity index (χ2n) is 7.82. The Hall–Kier alpha value is -3.68. The molecule has 2 amide bonds. The highest BCUT2D eigenvalue weighted by molar-refractivity contribution is 5.94. The van der Waals surface area contributed by atoms with Gasteiger partial charge in [0.05, 0.1) is 20.1 Å². The van der Waals surface area contributed by atoms with Gasteiger partial charge >= 0.3 is 0 Å². The molecule has 3 aromatic rings. The molecular formula is C24H27N5O3. The average molecular weight is 434 g/mol. The van der Waals surface area contributed by atoms with Crippen molar-refractivity contribution in [1.29, 1.82) is 0 Å². The minimum absolute atomic E-state index is 0.0615. The van der Waals surface area contributed by atoms with Crippen LogP contribution < -0.4 is 15.4 Å². The van der Waals surface area contributed by atoms with E-state index in [1.165, 1.54) is 0 Å². The summed E-state index contributed by atoms with van der Waals surface area (Å²) in [6.07, 6.45) is 3.50. The summed E-state index contributed by atoms with van der Waals surface area (Å²) in [5.74, 6) is 2.34. The third-order valence-electron chi connectivity index (χ3n) is 5.57. The largest absolute Gasteiger partial charge is 0.497 e. The summed E-state index contributed by atoms with van der Waals surface area (Å²) in [7, 11) is 1.61. The molecule has 32 heavy (non-hydrogen) atoms. The highest BCUT2D eigenvalue weighted by atomic mass is 16.5. The van der Waals surface area contributed by atoms with Gasteiger partial charge in [0.1, 0.15) is 11.6 Å². The summed E-state index contributed by atoms with van der Waals surface area (Å²) in [5, 5.41) is 14.2. The first-order chi connectivity index (χ1) is 15.6. The maximum Gasteiger partial charge on any atom is 0.251 e. The third kappa shape index (κ3) is 5.32. The molecule has 2 heterocycles. The van der Waals surface area contributed by atoms with E-state index in [0.29, 0.717) is 25.1 Å². The minimum atomic E-state index is -0.159. The molecule has 0 saturated carbocycles. The molecule has 0 bridgehead atoms. The maximum atomic E-state index is 12.5. The van der Waals surface area contributed by atoms with Crippen molar-refractivity contribution in [2.75, 3.05) is 7.11 Å². The number of rotatable bonds is 8. The fourth-order valence-corrected chi connectivity index (χ4v) is 3.73. The fourth-order valence-electron chi connectivity index (χ4n) is 3.73. The van der Waals surface area contributed by atoms with Gasteiger partial charge in [-0.1, -0.05) is 24.3 Å². The molecule has 0 aliphatic carbocycles. The van der Waals surface area contributed by atoms with Crippen LogP contribution in [-0.4, -0.2) is 33.7 Å². The average Bonchev–Trinajstić information content (AvgIpc) is 3.25. The molecule has 0 radical (unpaired) electrons. The number of benzene rings is 2. The smallest absolute Gasteiger partial charge is 0.251 e. The molecule has 0 spiro atoms. The third-order valence-corrected chi connectivity index (χ3v) is 5.57. The van der Waals surface area contributed by atoms with Crippen LogP contribution in [0.3, 0.4) is 0 Å². The number of fused-ring (bicyclic) bond motifs is 1. The first kappa shape index (κ1) is 21.5. The van der Waals surface area contributed by atoms with Crippen molar-refractivity contribution in [3.8, 4) is 5.75 Å². The summed E-state index contributed by atoms with van der Waals surface area (Å²) >= 11 is 0. The molecule has 2 aromatic carbocycles. The Morgan fingerprint density at radius 3 is 2.44 bits per heavy atom. The van der Waals surface area contributed by atoms with Gasteiger partial charge in [0, 0.05) is 25.1 Å². The second kappa shape index (κ2) is 10.1. The highest BCUT2D eigenvalue weighted by Gasteiger charge is 2.16. The Kier molecular flexibility index (Phi) is 6.79. The van der Waals surface area contributed by atoms with Crippen LogP contribution in [0.4, 0.5) is 0 Å².